The number of aromatic nitrogens is 1. The lowest BCUT2D eigenvalue weighted by Gasteiger charge is -2.23. The normalized spacial score (nSPS) is 16.9. The first kappa shape index (κ1) is 17.7. The number of hydrogen-bond donors (Lipinski definition) is 0. The first-order chi connectivity index (χ1) is 12.6. The molecule has 0 spiro atoms. The van der Waals surface area contributed by atoms with Crippen LogP contribution in [0.3, 0.4) is 0 Å². The van der Waals surface area contributed by atoms with E-state index < -0.39 is 0 Å². The van der Waals surface area contributed by atoms with Crippen LogP contribution in [0.2, 0.25) is 10.0 Å². The van der Waals surface area contributed by atoms with Gasteiger partial charge >= 0.3 is 0 Å². The zero-order chi connectivity index (χ0) is 18.1. The van der Waals surface area contributed by atoms with Gasteiger partial charge in [0.15, 0.2) is 5.13 Å². The average molecular weight is 407 g/mol. The fourth-order valence-corrected chi connectivity index (χ4v) is 4.41. The summed E-state index contributed by atoms with van der Waals surface area (Å²) in [6.45, 7) is 1.21. The van der Waals surface area contributed by atoms with Crippen molar-refractivity contribution >= 4 is 55.8 Å². The number of carbonyl (C=O) groups is 1. The second-order valence-electron chi connectivity index (χ2n) is 6.14. The fourth-order valence-electron chi connectivity index (χ4n) is 3.01. The third kappa shape index (κ3) is 3.58. The average Bonchev–Trinajstić information content (AvgIpc) is 3.30. The van der Waals surface area contributed by atoms with Crippen LogP contribution in [0, 0.1) is 0 Å². The molecule has 3 aromatic rings. The molecule has 1 unspecified atom stereocenters. The highest BCUT2D eigenvalue weighted by atomic mass is 35.5. The molecule has 134 valence electrons. The van der Waals surface area contributed by atoms with Crippen LogP contribution >= 0.6 is 34.5 Å². The number of carbonyl (C=O) groups excluding carboxylic acids is 1. The minimum atomic E-state index is -0.118. The molecule has 1 amide bonds. The van der Waals surface area contributed by atoms with Crippen LogP contribution in [0.25, 0.3) is 10.2 Å². The van der Waals surface area contributed by atoms with Crippen LogP contribution in [-0.2, 0) is 4.74 Å². The Morgan fingerprint density at radius 2 is 2.04 bits per heavy atom. The lowest BCUT2D eigenvalue weighted by Crippen LogP contribution is -2.37. The number of benzene rings is 2. The Bertz CT molecular complexity index is 936. The van der Waals surface area contributed by atoms with Crippen LogP contribution in [0.4, 0.5) is 5.13 Å². The summed E-state index contributed by atoms with van der Waals surface area (Å²) >= 11 is 13.7. The van der Waals surface area contributed by atoms with Gasteiger partial charge in [-0.25, -0.2) is 4.98 Å². The van der Waals surface area contributed by atoms with Crippen LogP contribution in [0.15, 0.2) is 42.5 Å². The lowest BCUT2D eigenvalue weighted by atomic mass is 10.2. The summed E-state index contributed by atoms with van der Waals surface area (Å²) in [6, 6.07) is 12.5. The molecule has 2 heterocycles. The maximum absolute atomic E-state index is 13.2. The van der Waals surface area contributed by atoms with E-state index in [-0.39, 0.29) is 12.0 Å². The molecule has 4 nitrogen and oxygen atoms in total. The van der Waals surface area contributed by atoms with Gasteiger partial charge in [0.2, 0.25) is 0 Å². The van der Waals surface area contributed by atoms with E-state index in [4.69, 9.17) is 27.9 Å². The molecule has 1 aliphatic heterocycles. The standard InChI is InChI=1S/C19H16Cl2N2O2S/c20-13-8-6-12(7-9-13)18(24)23(11-14-3-2-10-25-14)19-22-17-15(21)4-1-5-16(17)26-19/h1,4-9,14H,2-3,10-11H2. The van der Waals surface area contributed by atoms with E-state index in [1.165, 1.54) is 11.3 Å². The van der Waals surface area contributed by atoms with Crippen LogP contribution in [-0.4, -0.2) is 30.1 Å². The van der Waals surface area contributed by atoms with E-state index in [1.807, 2.05) is 12.1 Å². The highest BCUT2D eigenvalue weighted by Crippen LogP contribution is 2.34. The van der Waals surface area contributed by atoms with Crippen molar-refractivity contribution < 1.29 is 9.53 Å². The number of halogens is 2. The van der Waals surface area contributed by atoms with Gasteiger partial charge in [-0.1, -0.05) is 40.6 Å². The minimum absolute atomic E-state index is 0.0220. The van der Waals surface area contributed by atoms with E-state index in [1.54, 1.807) is 35.2 Å². The summed E-state index contributed by atoms with van der Waals surface area (Å²) in [4.78, 5) is 19.5. The van der Waals surface area contributed by atoms with E-state index in [9.17, 15) is 4.79 Å². The molecular formula is C19H16Cl2N2O2S. The molecule has 2 aromatic carbocycles. The molecule has 1 aromatic heterocycles. The minimum Gasteiger partial charge on any atom is -0.376 e. The first-order valence-electron chi connectivity index (χ1n) is 8.36. The second kappa shape index (κ2) is 7.53. The third-order valence-corrected chi connectivity index (χ3v) is 5.94. The van der Waals surface area contributed by atoms with Crippen molar-refractivity contribution in [3.8, 4) is 0 Å². The monoisotopic (exact) mass is 406 g/mol. The number of rotatable bonds is 4. The van der Waals surface area contributed by atoms with Gasteiger partial charge in [0.05, 0.1) is 22.4 Å². The summed E-state index contributed by atoms with van der Waals surface area (Å²) in [5.41, 5.74) is 1.29. The number of anilines is 1. The second-order valence-corrected chi connectivity index (χ2v) is 7.99. The molecule has 1 saturated heterocycles. The molecular weight excluding hydrogens is 391 g/mol. The number of para-hydroxylation sites is 1. The Labute approximate surface area is 165 Å². The molecule has 0 N–H and O–H groups in total. The smallest absolute Gasteiger partial charge is 0.260 e. The number of hydrogen-bond acceptors (Lipinski definition) is 4. The molecule has 0 radical (unpaired) electrons. The van der Waals surface area contributed by atoms with Crippen molar-refractivity contribution in [2.45, 2.75) is 18.9 Å². The van der Waals surface area contributed by atoms with E-state index in [2.05, 4.69) is 4.98 Å². The molecule has 4 rings (SSSR count). The Morgan fingerprint density at radius 1 is 1.23 bits per heavy atom. The van der Waals surface area contributed by atoms with Crippen molar-refractivity contribution in [1.29, 1.82) is 0 Å². The van der Waals surface area contributed by atoms with Crippen molar-refractivity contribution in [2.75, 3.05) is 18.1 Å². The summed E-state index contributed by atoms with van der Waals surface area (Å²) in [5, 5.41) is 1.81. The van der Waals surface area contributed by atoms with Crippen LogP contribution in [0.5, 0.6) is 0 Å². The molecule has 0 aliphatic carbocycles. The van der Waals surface area contributed by atoms with Gasteiger partial charge in [-0.05, 0) is 49.2 Å². The van der Waals surface area contributed by atoms with Gasteiger partial charge < -0.3 is 4.74 Å². The fraction of sp³-hybridized carbons (Fsp3) is 0.263. The van der Waals surface area contributed by atoms with Crippen molar-refractivity contribution in [1.82, 2.24) is 4.98 Å². The zero-order valence-electron chi connectivity index (χ0n) is 13.8. The topological polar surface area (TPSA) is 42.4 Å². The lowest BCUT2D eigenvalue weighted by molar-refractivity contribution is 0.0917. The number of amides is 1. The van der Waals surface area contributed by atoms with Crippen LogP contribution < -0.4 is 4.90 Å². The molecule has 1 aliphatic rings. The zero-order valence-corrected chi connectivity index (χ0v) is 16.2. The predicted octanol–water partition coefficient (Wildman–Crippen LogP) is 5.43. The first-order valence-corrected chi connectivity index (χ1v) is 9.93. The molecule has 26 heavy (non-hydrogen) atoms. The number of ether oxygens (including phenoxy) is 1. The molecule has 1 fully saturated rings. The summed E-state index contributed by atoms with van der Waals surface area (Å²) in [7, 11) is 0. The molecule has 0 bridgehead atoms. The highest BCUT2D eigenvalue weighted by molar-refractivity contribution is 7.22. The molecule has 1 atom stereocenters. The SMILES string of the molecule is O=C(c1ccc(Cl)cc1)N(CC1CCCO1)c1nc2c(Cl)cccc2s1. The third-order valence-electron chi connectivity index (χ3n) is 4.34. The van der Waals surface area contributed by atoms with Gasteiger partial charge in [0.25, 0.3) is 5.91 Å². The number of nitrogens with zero attached hydrogens (tertiary/aromatic N) is 2. The summed E-state index contributed by atoms with van der Waals surface area (Å²) < 4.78 is 6.70. The van der Waals surface area contributed by atoms with Gasteiger partial charge in [0, 0.05) is 17.2 Å². The molecule has 7 heteroatoms. The quantitative estimate of drug-likeness (QED) is 0.579. The Kier molecular flexibility index (Phi) is 5.14. The van der Waals surface area contributed by atoms with Crippen molar-refractivity contribution in [3.63, 3.8) is 0 Å². The van der Waals surface area contributed by atoms with Gasteiger partial charge in [0.1, 0.15) is 5.52 Å². The summed E-state index contributed by atoms with van der Waals surface area (Å²) in [5.74, 6) is -0.118. The van der Waals surface area contributed by atoms with Crippen LogP contribution in [0.1, 0.15) is 23.2 Å². The van der Waals surface area contributed by atoms with E-state index >= 15 is 0 Å². The van der Waals surface area contributed by atoms with Crippen molar-refractivity contribution in [3.05, 3.63) is 58.1 Å². The van der Waals surface area contributed by atoms with Gasteiger partial charge in [-0.15, -0.1) is 0 Å². The van der Waals surface area contributed by atoms with Crippen molar-refractivity contribution in [2.24, 2.45) is 0 Å². The van der Waals surface area contributed by atoms with Gasteiger partial charge in [-0.2, -0.15) is 0 Å². The number of thiazole rings is 1. The van der Waals surface area contributed by atoms with E-state index in [0.717, 1.165) is 29.7 Å². The maximum atomic E-state index is 13.2. The van der Waals surface area contributed by atoms with E-state index in [0.29, 0.717) is 27.3 Å². The Hall–Kier alpha value is -1.66. The Morgan fingerprint density at radius 3 is 2.73 bits per heavy atom. The predicted molar refractivity (Wildman–Crippen MR) is 107 cm³/mol. The molecule has 0 saturated carbocycles. The largest absolute Gasteiger partial charge is 0.376 e. The highest BCUT2D eigenvalue weighted by Gasteiger charge is 2.27. The number of fused-ring (bicyclic) bond motifs is 1. The summed E-state index contributed by atoms with van der Waals surface area (Å²) in [6.07, 6.45) is 1.98. The van der Waals surface area contributed by atoms with Gasteiger partial charge in [-0.3, -0.25) is 9.69 Å². The maximum Gasteiger partial charge on any atom is 0.260 e. The Balaban J connectivity index is 1.72.